The molecule has 0 spiro atoms. The van der Waals surface area contributed by atoms with Crippen molar-refractivity contribution in [2.24, 2.45) is 4.99 Å². The molecule has 4 nitrogen and oxygen atoms in total. The van der Waals surface area contributed by atoms with Gasteiger partial charge in [-0.3, -0.25) is 9.69 Å². The lowest BCUT2D eigenvalue weighted by molar-refractivity contribution is -0.121. The fourth-order valence-electron chi connectivity index (χ4n) is 3.74. The zero-order valence-electron chi connectivity index (χ0n) is 18.7. The number of para-hydroxylation sites is 1. The number of fused-ring (bicyclic) bond motifs is 1. The third-order valence-electron chi connectivity index (χ3n) is 5.49. The summed E-state index contributed by atoms with van der Waals surface area (Å²) in [5, 5.41) is 1.61. The lowest BCUT2D eigenvalue weighted by Gasteiger charge is -2.15. The Balaban J connectivity index is 1.40. The minimum Gasteiger partial charge on any atom is -0.337 e. The molecule has 0 bridgehead atoms. The number of nitrogens with zero attached hydrogens (tertiary/aromatic N) is 3. The number of hydrogen-bond acceptors (Lipinski definition) is 5. The van der Waals surface area contributed by atoms with Crippen molar-refractivity contribution < 1.29 is 4.79 Å². The molecule has 2 heterocycles. The maximum absolute atomic E-state index is 13.3. The number of amidine groups is 1. The summed E-state index contributed by atoms with van der Waals surface area (Å²) >= 11 is 3.05. The molecule has 168 valence electrons. The lowest BCUT2D eigenvalue weighted by Crippen LogP contribution is -2.29. The number of hydrogen-bond donors (Lipinski definition) is 0. The lowest BCUT2D eigenvalue weighted by atomic mass is 10.1. The number of carbonyl (C=O) groups is 1. The van der Waals surface area contributed by atoms with Gasteiger partial charge in [0.05, 0.1) is 16.4 Å². The molecule has 0 atom stereocenters. The number of rotatable bonds is 5. The van der Waals surface area contributed by atoms with Crippen LogP contribution < -0.4 is 4.90 Å². The normalized spacial score (nSPS) is 18.9. The first-order valence-corrected chi connectivity index (χ1v) is 12.5. The van der Waals surface area contributed by atoms with E-state index in [1.165, 1.54) is 11.8 Å². The van der Waals surface area contributed by atoms with Crippen LogP contribution in [0.15, 0.2) is 111 Å². The molecule has 0 saturated carbocycles. The van der Waals surface area contributed by atoms with Gasteiger partial charge in [-0.2, -0.15) is 0 Å². The van der Waals surface area contributed by atoms with E-state index in [1.807, 2.05) is 61.6 Å². The van der Waals surface area contributed by atoms with Crippen LogP contribution in [0.5, 0.6) is 0 Å². The third-order valence-corrected chi connectivity index (χ3v) is 7.93. The van der Waals surface area contributed by atoms with Crippen LogP contribution in [-0.4, -0.2) is 29.6 Å². The molecule has 0 unspecified atom stereocenters. The minimum absolute atomic E-state index is 0.0341. The van der Waals surface area contributed by atoms with Crippen LogP contribution in [-0.2, 0) is 4.79 Å². The van der Waals surface area contributed by atoms with Crippen molar-refractivity contribution in [3.63, 3.8) is 0 Å². The van der Waals surface area contributed by atoms with Crippen LogP contribution in [0.1, 0.15) is 11.1 Å². The van der Waals surface area contributed by atoms with Gasteiger partial charge in [-0.1, -0.05) is 84.6 Å². The second-order valence-electron chi connectivity index (χ2n) is 7.80. The van der Waals surface area contributed by atoms with E-state index in [-0.39, 0.29) is 5.91 Å². The quantitative estimate of drug-likeness (QED) is 0.223. The van der Waals surface area contributed by atoms with Crippen molar-refractivity contribution in [3.05, 3.63) is 113 Å². The van der Waals surface area contributed by atoms with E-state index in [2.05, 4.69) is 47.9 Å². The smallest absolute Gasteiger partial charge is 0.269 e. The molecule has 0 aromatic heterocycles. The van der Waals surface area contributed by atoms with Gasteiger partial charge in [0.2, 0.25) is 0 Å². The van der Waals surface area contributed by atoms with Gasteiger partial charge in [0.1, 0.15) is 4.91 Å². The van der Waals surface area contributed by atoms with Gasteiger partial charge < -0.3 is 4.90 Å². The summed E-state index contributed by atoms with van der Waals surface area (Å²) < 4.78 is 0. The fraction of sp³-hybridized carbons (Fsp3) is 0.0714. The first kappa shape index (κ1) is 22.3. The molecule has 6 heteroatoms. The second kappa shape index (κ2) is 9.79. The van der Waals surface area contributed by atoms with E-state index in [4.69, 9.17) is 4.99 Å². The van der Waals surface area contributed by atoms with E-state index in [1.54, 1.807) is 22.7 Å². The van der Waals surface area contributed by atoms with E-state index < -0.39 is 0 Å². The standard InChI is InChI=1S/C28H23N3OS2/c1-3-19-31-26(32)25(27-30(2)23-11-7-8-12-24(23)33-27)34-28(31)29-22-17-15-21(16-18-22)14-13-20-9-5-4-6-10-20/h3-18H,1,19H2,2H3/b14-13-,27-25-,29-28?. The molecule has 0 N–H and O–H groups in total. The van der Waals surface area contributed by atoms with Gasteiger partial charge >= 0.3 is 0 Å². The predicted molar refractivity (Wildman–Crippen MR) is 146 cm³/mol. The van der Waals surface area contributed by atoms with E-state index >= 15 is 0 Å². The van der Waals surface area contributed by atoms with Gasteiger partial charge in [-0.15, -0.1) is 6.58 Å². The molecule has 2 aliphatic heterocycles. The first-order chi connectivity index (χ1) is 16.6. The minimum atomic E-state index is -0.0341. The summed E-state index contributed by atoms with van der Waals surface area (Å²) in [5.41, 5.74) is 4.17. The maximum atomic E-state index is 13.3. The van der Waals surface area contributed by atoms with Crippen molar-refractivity contribution >= 4 is 58.1 Å². The number of carbonyl (C=O) groups excluding carboxylic acids is 1. The van der Waals surface area contributed by atoms with Crippen molar-refractivity contribution in [3.8, 4) is 0 Å². The molecule has 1 fully saturated rings. The van der Waals surface area contributed by atoms with Gasteiger partial charge in [-0.05, 0) is 47.2 Å². The summed E-state index contributed by atoms with van der Waals surface area (Å²) in [6.45, 7) is 4.25. The summed E-state index contributed by atoms with van der Waals surface area (Å²) in [6.07, 6.45) is 5.90. The Morgan fingerprint density at radius 2 is 1.56 bits per heavy atom. The average Bonchev–Trinajstić information content (AvgIpc) is 3.36. The van der Waals surface area contributed by atoms with Crippen LogP contribution >= 0.6 is 23.5 Å². The van der Waals surface area contributed by atoms with Gasteiger partial charge in [-0.25, -0.2) is 4.99 Å². The average molecular weight is 482 g/mol. The summed E-state index contributed by atoms with van der Waals surface area (Å²) in [5.74, 6) is -0.0341. The Morgan fingerprint density at radius 3 is 2.26 bits per heavy atom. The van der Waals surface area contributed by atoms with Crippen LogP contribution in [0.4, 0.5) is 11.4 Å². The molecular formula is C28H23N3OS2. The highest BCUT2D eigenvalue weighted by molar-refractivity contribution is 8.19. The van der Waals surface area contributed by atoms with E-state index in [9.17, 15) is 4.79 Å². The van der Waals surface area contributed by atoms with E-state index in [0.717, 1.165) is 32.4 Å². The molecule has 0 aliphatic carbocycles. The topological polar surface area (TPSA) is 35.9 Å². The Hall–Kier alpha value is -3.48. The number of thioether (sulfide) groups is 2. The van der Waals surface area contributed by atoms with Crippen molar-refractivity contribution in [1.29, 1.82) is 0 Å². The number of benzene rings is 3. The van der Waals surface area contributed by atoms with Crippen LogP contribution in [0, 0.1) is 0 Å². The van der Waals surface area contributed by atoms with Crippen molar-refractivity contribution in [1.82, 2.24) is 4.90 Å². The van der Waals surface area contributed by atoms with Crippen molar-refractivity contribution in [2.45, 2.75) is 4.90 Å². The zero-order chi connectivity index (χ0) is 23.5. The van der Waals surface area contributed by atoms with E-state index in [0.29, 0.717) is 16.6 Å². The summed E-state index contributed by atoms with van der Waals surface area (Å²) in [6, 6.07) is 26.4. The molecule has 2 aliphatic rings. The SMILES string of the molecule is C=CCN1C(=O)/C(=C2/Sc3ccccc3N2C)SC1=Nc1ccc(/C=C\c2ccccc2)cc1. The molecule has 1 amide bonds. The molecule has 5 rings (SSSR count). The highest BCUT2D eigenvalue weighted by Gasteiger charge is 2.38. The zero-order valence-corrected chi connectivity index (χ0v) is 20.4. The van der Waals surface area contributed by atoms with Crippen LogP contribution in [0.2, 0.25) is 0 Å². The third kappa shape index (κ3) is 4.47. The van der Waals surface area contributed by atoms with Crippen LogP contribution in [0.3, 0.4) is 0 Å². The van der Waals surface area contributed by atoms with Gasteiger partial charge in [0, 0.05) is 18.5 Å². The molecule has 1 saturated heterocycles. The molecule has 3 aromatic rings. The largest absolute Gasteiger partial charge is 0.337 e. The molecule has 3 aromatic carbocycles. The first-order valence-electron chi connectivity index (χ1n) is 10.9. The number of amides is 1. The monoisotopic (exact) mass is 481 g/mol. The Kier molecular flexibility index (Phi) is 6.43. The highest BCUT2D eigenvalue weighted by atomic mass is 32.2. The molecule has 0 radical (unpaired) electrons. The molecular weight excluding hydrogens is 458 g/mol. The fourth-order valence-corrected chi connectivity index (χ4v) is 6.09. The second-order valence-corrected chi connectivity index (χ2v) is 9.81. The van der Waals surface area contributed by atoms with Crippen LogP contribution in [0.25, 0.3) is 12.2 Å². The molecule has 34 heavy (non-hydrogen) atoms. The summed E-state index contributed by atoms with van der Waals surface area (Å²) in [7, 11) is 2.00. The number of anilines is 1. The predicted octanol–water partition coefficient (Wildman–Crippen LogP) is 7.02. The summed E-state index contributed by atoms with van der Waals surface area (Å²) in [4.78, 5) is 23.8. The van der Waals surface area contributed by atoms with Gasteiger partial charge in [0.15, 0.2) is 5.17 Å². The maximum Gasteiger partial charge on any atom is 0.269 e. The Morgan fingerprint density at radius 1 is 0.882 bits per heavy atom. The Labute approximate surface area is 208 Å². The van der Waals surface area contributed by atoms with Crippen molar-refractivity contribution in [2.75, 3.05) is 18.5 Å². The Bertz CT molecular complexity index is 1330. The highest BCUT2D eigenvalue weighted by Crippen LogP contribution is 2.49. The van der Waals surface area contributed by atoms with Gasteiger partial charge in [0.25, 0.3) is 5.91 Å². The number of aliphatic imine (C=N–C) groups is 1.